The third-order valence-electron chi connectivity index (χ3n) is 5.54. The van der Waals surface area contributed by atoms with Gasteiger partial charge in [0.2, 0.25) is 0 Å². The smallest absolute Gasteiger partial charge is 0.136 e. The number of hydrogen-bond donors (Lipinski definition) is 0. The quantitative estimate of drug-likeness (QED) is 0.775. The minimum atomic E-state index is 0.500. The third kappa shape index (κ3) is 2.01. The van der Waals surface area contributed by atoms with Crippen LogP contribution >= 0.6 is 0 Å². The lowest BCUT2D eigenvalue weighted by Gasteiger charge is -2.50. The maximum absolute atomic E-state index is 11.9. The summed E-state index contributed by atoms with van der Waals surface area (Å²) in [7, 11) is 0. The fourth-order valence-electron chi connectivity index (χ4n) is 4.76. The first-order chi connectivity index (χ1) is 9.83. The van der Waals surface area contributed by atoms with Gasteiger partial charge in [-0.1, -0.05) is 30.7 Å². The van der Waals surface area contributed by atoms with E-state index in [9.17, 15) is 4.79 Å². The van der Waals surface area contributed by atoms with E-state index >= 15 is 0 Å². The summed E-state index contributed by atoms with van der Waals surface area (Å²) >= 11 is 0. The van der Waals surface area contributed by atoms with Crippen molar-refractivity contribution < 1.29 is 4.79 Å². The Labute approximate surface area is 121 Å². The van der Waals surface area contributed by atoms with E-state index in [4.69, 9.17) is 0 Å². The number of nitrogens with zero attached hydrogens (tertiary/aromatic N) is 1. The fourth-order valence-corrected chi connectivity index (χ4v) is 4.76. The molecule has 2 saturated heterocycles. The second-order valence-corrected chi connectivity index (χ2v) is 6.74. The largest absolute Gasteiger partial charge is 0.300 e. The molecule has 106 valence electrons. The summed E-state index contributed by atoms with van der Waals surface area (Å²) in [5.41, 5.74) is 3.09. The molecule has 0 spiro atoms. The number of Topliss-reactive ketones (excluding diaryl/α,β-unsaturated/α-hetero) is 1. The van der Waals surface area contributed by atoms with Crippen LogP contribution in [0.25, 0.3) is 0 Å². The van der Waals surface area contributed by atoms with Crippen molar-refractivity contribution in [3.8, 4) is 0 Å². The van der Waals surface area contributed by atoms with E-state index in [1.807, 2.05) is 0 Å². The van der Waals surface area contributed by atoms with Crippen molar-refractivity contribution in [1.82, 2.24) is 4.90 Å². The molecule has 0 aromatic heterocycles. The van der Waals surface area contributed by atoms with Crippen molar-refractivity contribution in [2.45, 2.75) is 69.5 Å². The summed E-state index contributed by atoms with van der Waals surface area (Å²) in [6.07, 6.45) is 9.16. The van der Waals surface area contributed by atoms with E-state index in [1.54, 1.807) is 11.1 Å². The molecule has 0 N–H and O–H groups in total. The lowest BCUT2D eigenvalue weighted by molar-refractivity contribution is -0.129. The zero-order valence-corrected chi connectivity index (χ0v) is 12.1. The Balaban J connectivity index is 1.69. The number of ketones is 1. The van der Waals surface area contributed by atoms with E-state index < -0.39 is 0 Å². The van der Waals surface area contributed by atoms with Gasteiger partial charge in [-0.15, -0.1) is 0 Å². The van der Waals surface area contributed by atoms with Crippen molar-refractivity contribution in [3.63, 3.8) is 0 Å². The highest BCUT2D eigenvalue weighted by molar-refractivity contribution is 5.80. The molecule has 2 fully saturated rings. The number of benzene rings is 1. The molecule has 2 nitrogen and oxygen atoms in total. The SMILES string of the molecule is O=C1CC2CCCC(C1)N2C1CCCc2ccccc21. The molecule has 2 heteroatoms. The molecule has 0 radical (unpaired) electrons. The van der Waals surface area contributed by atoms with Crippen molar-refractivity contribution in [3.05, 3.63) is 35.4 Å². The van der Waals surface area contributed by atoms with Gasteiger partial charge in [0.15, 0.2) is 0 Å². The monoisotopic (exact) mass is 269 g/mol. The van der Waals surface area contributed by atoms with Crippen LogP contribution in [0.5, 0.6) is 0 Å². The van der Waals surface area contributed by atoms with Gasteiger partial charge in [-0.3, -0.25) is 9.69 Å². The van der Waals surface area contributed by atoms with E-state index in [2.05, 4.69) is 29.2 Å². The van der Waals surface area contributed by atoms with Crippen LogP contribution in [0.15, 0.2) is 24.3 Å². The average Bonchev–Trinajstić information content (AvgIpc) is 2.46. The first kappa shape index (κ1) is 12.6. The predicted molar refractivity (Wildman–Crippen MR) is 79.6 cm³/mol. The summed E-state index contributed by atoms with van der Waals surface area (Å²) in [5.74, 6) is 0.500. The molecule has 1 aromatic rings. The lowest BCUT2D eigenvalue weighted by Crippen LogP contribution is -2.54. The second kappa shape index (κ2) is 5.00. The first-order valence-corrected chi connectivity index (χ1v) is 8.20. The number of hydrogen-bond acceptors (Lipinski definition) is 2. The molecule has 2 bridgehead atoms. The first-order valence-electron chi connectivity index (χ1n) is 8.20. The van der Waals surface area contributed by atoms with Crippen molar-refractivity contribution in [2.75, 3.05) is 0 Å². The number of rotatable bonds is 1. The normalized spacial score (nSPS) is 33.8. The maximum atomic E-state index is 11.9. The van der Waals surface area contributed by atoms with Gasteiger partial charge in [0, 0.05) is 31.0 Å². The van der Waals surface area contributed by atoms with Crippen LogP contribution in [0.2, 0.25) is 0 Å². The Hall–Kier alpha value is -1.15. The molecule has 4 rings (SSSR count). The minimum Gasteiger partial charge on any atom is -0.300 e. The lowest BCUT2D eigenvalue weighted by atomic mass is 9.78. The summed E-state index contributed by atoms with van der Waals surface area (Å²) in [6.45, 7) is 0. The van der Waals surface area contributed by atoms with Crippen LogP contribution in [0.3, 0.4) is 0 Å². The summed E-state index contributed by atoms with van der Waals surface area (Å²) < 4.78 is 0. The van der Waals surface area contributed by atoms with Crippen molar-refractivity contribution in [1.29, 1.82) is 0 Å². The Morgan fingerprint density at radius 1 is 0.950 bits per heavy atom. The molecular formula is C18H23NO. The topological polar surface area (TPSA) is 20.3 Å². The van der Waals surface area contributed by atoms with E-state index in [0.29, 0.717) is 23.9 Å². The molecular weight excluding hydrogens is 246 g/mol. The number of aryl methyl sites for hydroxylation is 1. The van der Waals surface area contributed by atoms with Gasteiger partial charge in [-0.25, -0.2) is 0 Å². The minimum absolute atomic E-state index is 0.500. The van der Waals surface area contributed by atoms with Gasteiger partial charge < -0.3 is 0 Å². The van der Waals surface area contributed by atoms with Crippen LogP contribution in [-0.2, 0) is 11.2 Å². The van der Waals surface area contributed by atoms with Gasteiger partial charge in [0.05, 0.1) is 0 Å². The van der Waals surface area contributed by atoms with Gasteiger partial charge in [0.25, 0.3) is 0 Å². The fraction of sp³-hybridized carbons (Fsp3) is 0.611. The van der Waals surface area contributed by atoms with Crippen LogP contribution < -0.4 is 0 Å². The zero-order chi connectivity index (χ0) is 13.5. The van der Waals surface area contributed by atoms with Crippen LogP contribution in [0, 0.1) is 0 Å². The molecule has 3 aliphatic rings. The van der Waals surface area contributed by atoms with Gasteiger partial charge >= 0.3 is 0 Å². The maximum Gasteiger partial charge on any atom is 0.136 e. The summed E-state index contributed by atoms with van der Waals surface area (Å²) in [4.78, 5) is 14.7. The van der Waals surface area contributed by atoms with E-state index in [1.165, 1.54) is 38.5 Å². The number of piperidine rings is 2. The Kier molecular flexibility index (Phi) is 3.14. The van der Waals surface area contributed by atoms with Crippen LogP contribution in [-0.4, -0.2) is 22.8 Å². The van der Waals surface area contributed by atoms with E-state index in [-0.39, 0.29) is 0 Å². The molecule has 0 amide bonds. The van der Waals surface area contributed by atoms with Gasteiger partial charge in [-0.2, -0.15) is 0 Å². The average molecular weight is 269 g/mol. The van der Waals surface area contributed by atoms with Crippen LogP contribution in [0.1, 0.15) is 62.1 Å². The van der Waals surface area contributed by atoms with Crippen molar-refractivity contribution >= 4 is 5.78 Å². The van der Waals surface area contributed by atoms with Gasteiger partial charge in [0.1, 0.15) is 5.78 Å². The second-order valence-electron chi connectivity index (χ2n) is 6.74. The van der Waals surface area contributed by atoms with Crippen molar-refractivity contribution in [2.24, 2.45) is 0 Å². The molecule has 2 heterocycles. The number of fused-ring (bicyclic) bond motifs is 3. The number of carbonyl (C=O) groups excluding carboxylic acids is 1. The molecule has 20 heavy (non-hydrogen) atoms. The molecule has 1 aliphatic carbocycles. The predicted octanol–water partition coefficient (Wildman–Crippen LogP) is 3.65. The Bertz CT molecular complexity index is 508. The third-order valence-corrected chi connectivity index (χ3v) is 5.54. The molecule has 3 atom stereocenters. The van der Waals surface area contributed by atoms with Gasteiger partial charge in [-0.05, 0) is 43.2 Å². The highest BCUT2D eigenvalue weighted by Gasteiger charge is 2.42. The summed E-state index contributed by atoms with van der Waals surface area (Å²) in [6, 6.07) is 10.6. The van der Waals surface area contributed by atoms with Crippen LogP contribution in [0.4, 0.5) is 0 Å². The highest BCUT2D eigenvalue weighted by Crippen LogP contribution is 2.43. The molecule has 3 unspecified atom stereocenters. The zero-order valence-electron chi connectivity index (χ0n) is 12.1. The molecule has 2 aliphatic heterocycles. The highest BCUT2D eigenvalue weighted by atomic mass is 16.1. The summed E-state index contributed by atoms with van der Waals surface area (Å²) in [5, 5.41) is 0. The van der Waals surface area contributed by atoms with E-state index in [0.717, 1.165) is 12.8 Å². The Morgan fingerprint density at radius 3 is 2.50 bits per heavy atom. The number of carbonyl (C=O) groups is 1. The Morgan fingerprint density at radius 2 is 1.70 bits per heavy atom. The molecule has 1 aromatic carbocycles. The molecule has 0 saturated carbocycles. The standard InChI is InChI=1S/C18H23NO/c20-16-11-14-7-4-8-15(12-16)19(14)18-10-3-6-13-5-1-2-9-17(13)18/h1-2,5,9,14-15,18H,3-4,6-8,10-12H2.